The number of hydrogen-bond donors (Lipinski definition) is 1. The van der Waals surface area contributed by atoms with Crippen molar-refractivity contribution in [3.63, 3.8) is 0 Å². The van der Waals surface area contributed by atoms with Crippen LogP contribution in [0.25, 0.3) is 22.0 Å². The van der Waals surface area contributed by atoms with Crippen LogP contribution in [-0.2, 0) is 12.6 Å². The first-order valence-electron chi connectivity index (χ1n) is 7.49. The van der Waals surface area contributed by atoms with E-state index in [1.165, 1.54) is 0 Å². The molecule has 1 saturated heterocycles. The van der Waals surface area contributed by atoms with Crippen molar-refractivity contribution >= 4 is 10.9 Å². The van der Waals surface area contributed by atoms with Crippen LogP contribution in [0.15, 0.2) is 48.7 Å². The highest BCUT2D eigenvalue weighted by Gasteiger charge is 2.40. The quantitative estimate of drug-likeness (QED) is 0.788. The molecule has 0 saturated carbocycles. The van der Waals surface area contributed by atoms with Crippen LogP contribution < -0.4 is 0 Å². The van der Waals surface area contributed by atoms with Gasteiger partial charge in [0, 0.05) is 25.5 Å². The standard InChI is InChI=1S/C18H19N3O/c1-20-11-18(22,12-20)14-6-3-5-13(9-14)15-7-4-8-17-16(15)10-19-21(17)2/h3-10,22H,11-12H2,1-2H3. The van der Waals surface area contributed by atoms with Crippen molar-refractivity contribution in [1.29, 1.82) is 0 Å². The van der Waals surface area contributed by atoms with Crippen LogP contribution in [0, 0.1) is 0 Å². The molecule has 1 fully saturated rings. The van der Waals surface area contributed by atoms with Crippen LogP contribution in [0.5, 0.6) is 0 Å². The largest absolute Gasteiger partial charge is 0.382 e. The van der Waals surface area contributed by atoms with Crippen LogP contribution in [0.2, 0.25) is 0 Å². The molecule has 0 amide bonds. The highest BCUT2D eigenvalue weighted by atomic mass is 16.3. The highest BCUT2D eigenvalue weighted by Crippen LogP contribution is 2.34. The minimum Gasteiger partial charge on any atom is -0.382 e. The topological polar surface area (TPSA) is 41.3 Å². The van der Waals surface area contributed by atoms with Crippen LogP contribution in [0.4, 0.5) is 0 Å². The Morgan fingerprint density at radius 1 is 1.09 bits per heavy atom. The minimum atomic E-state index is -0.715. The van der Waals surface area contributed by atoms with E-state index in [0.717, 1.165) is 27.6 Å². The molecule has 22 heavy (non-hydrogen) atoms. The number of likely N-dealkylation sites (tertiary alicyclic amines) is 1. The molecular weight excluding hydrogens is 274 g/mol. The molecule has 1 aromatic heterocycles. The molecular formula is C18H19N3O. The van der Waals surface area contributed by atoms with Gasteiger partial charge >= 0.3 is 0 Å². The molecule has 112 valence electrons. The van der Waals surface area contributed by atoms with E-state index in [1.54, 1.807) is 0 Å². The number of aliphatic hydroxyl groups is 1. The average Bonchev–Trinajstić information content (AvgIpc) is 2.88. The van der Waals surface area contributed by atoms with Crippen LogP contribution in [-0.4, -0.2) is 39.9 Å². The van der Waals surface area contributed by atoms with E-state index in [-0.39, 0.29) is 0 Å². The molecule has 0 atom stereocenters. The molecule has 0 radical (unpaired) electrons. The first kappa shape index (κ1) is 13.5. The van der Waals surface area contributed by atoms with Gasteiger partial charge in [0.15, 0.2) is 0 Å². The number of rotatable bonds is 2. The van der Waals surface area contributed by atoms with Crippen molar-refractivity contribution in [1.82, 2.24) is 14.7 Å². The van der Waals surface area contributed by atoms with Gasteiger partial charge in [-0.1, -0.05) is 30.3 Å². The summed E-state index contributed by atoms with van der Waals surface area (Å²) in [5.74, 6) is 0. The Morgan fingerprint density at radius 3 is 2.64 bits per heavy atom. The molecule has 4 heteroatoms. The number of nitrogens with zero attached hydrogens (tertiary/aromatic N) is 3. The van der Waals surface area contributed by atoms with Gasteiger partial charge in [-0.15, -0.1) is 0 Å². The van der Waals surface area contributed by atoms with Crippen molar-refractivity contribution < 1.29 is 5.11 Å². The monoisotopic (exact) mass is 293 g/mol. The molecule has 4 rings (SSSR count). The second-order valence-electron chi connectivity index (χ2n) is 6.29. The van der Waals surface area contributed by atoms with Gasteiger partial charge < -0.3 is 5.11 Å². The van der Waals surface area contributed by atoms with E-state index in [4.69, 9.17) is 0 Å². The SMILES string of the molecule is CN1CC(O)(c2cccc(-c3cccc4c3cnn4C)c2)C1. The lowest BCUT2D eigenvalue weighted by atomic mass is 9.85. The number of likely N-dealkylation sites (N-methyl/N-ethyl adjacent to an activating group) is 1. The van der Waals surface area contributed by atoms with Crippen molar-refractivity contribution in [2.24, 2.45) is 7.05 Å². The fourth-order valence-electron chi connectivity index (χ4n) is 3.43. The van der Waals surface area contributed by atoms with Gasteiger partial charge in [-0.3, -0.25) is 9.58 Å². The zero-order valence-electron chi connectivity index (χ0n) is 12.8. The maximum atomic E-state index is 10.7. The molecule has 0 spiro atoms. The summed E-state index contributed by atoms with van der Waals surface area (Å²) in [6, 6.07) is 14.5. The van der Waals surface area contributed by atoms with Gasteiger partial charge in [0.25, 0.3) is 0 Å². The number of hydrogen-bond acceptors (Lipinski definition) is 3. The van der Waals surface area contributed by atoms with E-state index >= 15 is 0 Å². The fourth-order valence-corrected chi connectivity index (χ4v) is 3.43. The van der Waals surface area contributed by atoms with Gasteiger partial charge in [-0.25, -0.2) is 0 Å². The summed E-state index contributed by atoms with van der Waals surface area (Å²) in [6.07, 6.45) is 1.91. The Bertz CT molecular complexity index is 846. The summed E-state index contributed by atoms with van der Waals surface area (Å²) in [6.45, 7) is 1.38. The Kier molecular flexibility index (Phi) is 2.86. The third-order valence-corrected chi connectivity index (χ3v) is 4.57. The van der Waals surface area contributed by atoms with Crippen molar-refractivity contribution in [3.05, 3.63) is 54.2 Å². The lowest BCUT2D eigenvalue weighted by molar-refractivity contribution is -0.0918. The summed E-state index contributed by atoms with van der Waals surface area (Å²) < 4.78 is 1.89. The van der Waals surface area contributed by atoms with E-state index in [2.05, 4.69) is 40.3 Å². The summed E-state index contributed by atoms with van der Waals surface area (Å²) in [5, 5.41) is 16.2. The molecule has 1 aliphatic rings. The highest BCUT2D eigenvalue weighted by molar-refractivity contribution is 5.94. The van der Waals surface area contributed by atoms with E-state index in [9.17, 15) is 5.11 Å². The van der Waals surface area contributed by atoms with Gasteiger partial charge in [-0.2, -0.15) is 5.10 Å². The summed E-state index contributed by atoms with van der Waals surface area (Å²) in [5.41, 5.74) is 3.67. The van der Waals surface area contributed by atoms with Crippen LogP contribution in [0.1, 0.15) is 5.56 Å². The Balaban J connectivity index is 1.82. The van der Waals surface area contributed by atoms with Crippen LogP contribution >= 0.6 is 0 Å². The zero-order valence-corrected chi connectivity index (χ0v) is 12.8. The third-order valence-electron chi connectivity index (χ3n) is 4.57. The second kappa shape index (κ2) is 4.66. The van der Waals surface area contributed by atoms with E-state index in [0.29, 0.717) is 13.1 Å². The summed E-state index contributed by atoms with van der Waals surface area (Å²) >= 11 is 0. The second-order valence-corrected chi connectivity index (χ2v) is 6.29. The third kappa shape index (κ3) is 1.95. The van der Waals surface area contributed by atoms with Gasteiger partial charge in [0.05, 0.1) is 11.7 Å². The van der Waals surface area contributed by atoms with E-state index in [1.807, 2.05) is 37.1 Å². The molecule has 1 N–H and O–H groups in total. The number of benzene rings is 2. The maximum Gasteiger partial charge on any atom is 0.115 e. The fraction of sp³-hybridized carbons (Fsp3) is 0.278. The predicted octanol–water partition coefficient (Wildman–Crippen LogP) is 2.37. The first-order valence-corrected chi connectivity index (χ1v) is 7.49. The van der Waals surface area contributed by atoms with Crippen molar-refractivity contribution in [2.75, 3.05) is 20.1 Å². The Morgan fingerprint density at radius 2 is 1.86 bits per heavy atom. The van der Waals surface area contributed by atoms with Gasteiger partial charge in [-0.05, 0) is 35.9 Å². The van der Waals surface area contributed by atoms with Crippen molar-refractivity contribution in [2.45, 2.75) is 5.60 Å². The number of aromatic nitrogens is 2. The summed E-state index contributed by atoms with van der Waals surface area (Å²) in [4.78, 5) is 2.12. The number of aryl methyl sites for hydroxylation is 1. The lowest BCUT2D eigenvalue weighted by Gasteiger charge is -2.45. The smallest absolute Gasteiger partial charge is 0.115 e. The average molecular weight is 293 g/mol. The number of fused-ring (bicyclic) bond motifs is 1. The van der Waals surface area contributed by atoms with Gasteiger partial charge in [0.1, 0.15) is 5.60 Å². The predicted molar refractivity (Wildman–Crippen MR) is 87.5 cm³/mol. The lowest BCUT2D eigenvalue weighted by Crippen LogP contribution is -2.57. The number of β-amino-alcohol motifs (C(OH)–C–C–N with tert-alkyl or cyclic N) is 1. The van der Waals surface area contributed by atoms with Crippen LogP contribution in [0.3, 0.4) is 0 Å². The maximum absolute atomic E-state index is 10.7. The summed E-state index contributed by atoms with van der Waals surface area (Å²) in [7, 11) is 3.98. The van der Waals surface area contributed by atoms with Gasteiger partial charge in [0.2, 0.25) is 0 Å². The first-order chi connectivity index (χ1) is 10.6. The molecule has 3 aromatic rings. The molecule has 0 unspecified atom stereocenters. The normalized spacial score (nSPS) is 17.6. The molecule has 4 nitrogen and oxygen atoms in total. The molecule has 0 bridgehead atoms. The molecule has 2 aromatic carbocycles. The Labute approximate surface area is 129 Å². The minimum absolute atomic E-state index is 0.688. The van der Waals surface area contributed by atoms with Crippen molar-refractivity contribution in [3.8, 4) is 11.1 Å². The Hall–Kier alpha value is -2.17. The molecule has 1 aliphatic heterocycles. The molecule has 0 aliphatic carbocycles. The van der Waals surface area contributed by atoms with E-state index < -0.39 is 5.60 Å². The molecule has 2 heterocycles. The zero-order chi connectivity index (χ0) is 15.3.